The molecule has 0 fully saturated rings. The third-order valence-electron chi connectivity index (χ3n) is 3.70. The van der Waals surface area contributed by atoms with Crippen LogP contribution >= 0.6 is 0 Å². The lowest BCUT2D eigenvalue weighted by Crippen LogP contribution is -2.52. The van der Waals surface area contributed by atoms with E-state index >= 15 is 0 Å². The largest absolute Gasteiger partial charge is 0.472 e. The number of carbonyl (C=O) groups is 1. The molecule has 3 nitrogen and oxygen atoms in total. The van der Waals surface area contributed by atoms with E-state index in [1.807, 2.05) is 13.0 Å². The summed E-state index contributed by atoms with van der Waals surface area (Å²) in [5.41, 5.74) is 0.600. The summed E-state index contributed by atoms with van der Waals surface area (Å²) in [6.45, 7) is 10.1. The van der Waals surface area contributed by atoms with Crippen molar-refractivity contribution in [3.05, 3.63) is 24.2 Å². The number of furan rings is 1. The van der Waals surface area contributed by atoms with Crippen LogP contribution in [0.4, 0.5) is 0 Å². The van der Waals surface area contributed by atoms with Gasteiger partial charge in [0.15, 0.2) is 5.78 Å². The topological polar surface area (TPSA) is 33.5 Å². The predicted octanol–water partition coefficient (Wildman–Crippen LogP) is 2.90. The van der Waals surface area contributed by atoms with Gasteiger partial charge in [-0.15, -0.1) is 0 Å². The van der Waals surface area contributed by atoms with Crippen molar-refractivity contribution in [1.82, 2.24) is 4.90 Å². The summed E-state index contributed by atoms with van der Waals surface area (Å²) in [7, 11) is 0. The zero-order valence-electron chi connectivity index (χ0n) is 11.3. The van der Waals surface area contributed by atoms with E-state index in [4.69, 9.17) is 4.42 Å². The molecule has 1 atom stereocenters. The Morgan fingerprint density at radius 1 is 1.35 bits per heavy atom. The fourth-order valence-corrected chi connectivity index (χ4v) is 2.29. The van der Waals surface area contributed by atoms with Crippen LogP contribution in [0, 0.1) is 0 Å². The molecule has 0 N–H and O–H groups in total. The van der Waals surface area contributed by atoms with E-state index in [1.54, 1.807) is 12.5 Å². The number of Topliss-reactive ketones (excluding diaryl/α,β-unsaturated/α-hetero) is 1. The molecule has 0 aliphatic carbocycles. The first kappa shape index (κ1) is 14.0. The SMILES string of the molecule is CCN(CC)C(C)(CC)C(=O)Cc1ccoc1. The van der Waals surface area contributed by atoms with Crippen molar-refractivity contribution in [2.75, 3.05) is 13.1 Å². The van der Waals surface area contributed by atoms with E-state index in [2.05, 4.69) is 25.7 Å². The monoisotopic (exact) mass is 237 g/mol. The van der Waals surface area contributed by atoms with Crippen molar-refractivity contribution in [3.8, 4) is 0 Å². The molecule has 1 heterocycles. The lowest BCUT2D eigenvalue weighted by molar-refractivity contribution is -0.129. The molecule has 0 aliphatic rings. The smallest absolute Gasteiger partial charge is 0.157 e. The van der Waals surface area contributed by atoms with E-state index in [0.29, 0.717) is 6.42 Å². The van der Waals surface area contributed by atoms with Gasteiger partial charge in [0, 0.05) is 6.42 Å². The van der Waals surface area contributed by atoms with Crippen molar-refractivity contribution in [2.24, 2.45) is 0 Å². The van der Waals surface area contributed by atoms with Crippen LogP contribution in [0.1, 0.15) is 39.7 Å². The van der Waals surface area contributed by atoms with Gasteiger partial charge in [0.2, 0.25) is 0 Å². The minimum absolute atomic E-state index is 0.269. The van der Waals surface area contributed by atoms with Crippen molar-refractivity contribution < 1.29 is 9.21 Å². The van der Waals surface area contributed by atoms with Crippen LogP contribution in [0.15, 0.2) is 23.0 Å². The predicted molar refractivity (Wildman–Crippen MR) is 69.0 cm³/mol. The second-order valence-electron chi connectivity index (χ2n) is 4.53. The first-order valence-corrected chi connectivity index (χ1v) is 6.37. The molecule has 0 radical (unpaired) electrons. The number of nitrogens with zero attached hydrogens (tertiary/aromatic N) is 1. The molecule has 0 bridgehead atoms. The van der Waals surface area contributed by atoms with Gasteiger partial charge >= 0.3 is 0 Å². The van der Waals surface area contributed by atoms with Crippen LogP contribution in [0.5, 0.6) is 0 Å². The molecule has 1 rings (SSSR count). The molecule has 0 saturated carbocycles. The minimum Gasteiger partial charge on any atom is -0.472 e. The Balaban J connectivity index is 2.81. The summed E-state index contributed by atoms with van der Waals surface area (Å²) in [5.74, 6) is 0.269. The number of ketones is 1. The van der Waals surface area contributed by atoms with Gasteiger partial charge in [-0.2, -0.15) is 0 Å². The lowest BCUT2D eigenvalue weighted by Gasteiger charge is -2.38. The summed E-state index contributed by atoms with van der Waals surface area (Å²) in [4.78, 5) is 14.7. The summed E-state index contributed by atoms with van der Waals surface area (Å²) in [6, 6.07) is 1.86. The first-order valence-electron chi connectivity index (χ1n) is 6.37. The maximum absolute atomic E-state index is 12.4. The van der Waals surface area contributed by atoms with E-state index in [-0.39, 0.29) is 11.3 Å². The highest BCUT2D eigenvalue weighted by atomic mass is 16.3. The van der Waals surface area contributed by atoms with Crippen LogP contribution in [-0.2, 0) is 11.2 Å². The van der Waals surface area contributed by atoms with Gasteiger partial charge in [-0.25, -0.2) is 0 Å². The molecule has 1 unspecified atom stereocenters. The van der Waals surface area contributed by atoms with Gasteiger partial charge in [0.05, 0.1) is 18.1 Å². The number of likely N-dealkylation sites (N-methyl/N-ethyl adjacent to an activating group) is 1. The van der Waals surface area contributed by atoms with Crippen molar-refractivity contribution in [2.45, 2.75) is 46.1 Å². The normalized spacial score (nSPS) is 14.9. The second-order valence-corrected chi connectivity index (χ2v) is 4.53. The van der Waals surface area contributed by atoms with Crippen molar-refractivity contribution in [3.63, 3.8) is 0 Å². The van der Waals surface area contributed by atoms with Crippen LogP contribution in [0.25, 0.3) is 0 Å². The number of rotatable bonds is 7. The summed E-state index contributed by atoms with van der Waals surface area (Å²) in [6.07, 6.45) is 4.56. The molecule has 0 spiro atoms. The third kappa shape index (κ3) is 2.97. The molecular weight excluding hydrogens is 214 g/mol. The van der Waals surface area contributed by atoms with Gasteiger partial charge < -0.3 is 4.42 Å². The fraction of sp³-hybridized carbons (Fsp3) is 0.643. The third-order valence-corrected chi connectivity index (χ3v) is 3.70. The van der Waals surface area contributed by atoms with E-state index < -0.39 is 0 Å². The number of hydrogen-bond donors (Lipinski definition) is 0. The number of hydrogen-bond acceptors (Lipinski definition) is 3. The Bertz CT molecular complexity index is 341. The second kappa shape index (κ2) is 6.01. The van der Waals surface area contributed by atoms with Gasteiger partial charge in [-0.3, -0.25) is 9.69 Å². The molecule has 0 amide bonds. The molecule has 1 aromatic heterocycles. The fourth-order valence-electron chi connectivity index (χ4n) is 2.29. The average molecular weight is 237 g/mol. The van der Waals surface area contributed by atoms with Crippen LogP contribution in [0.2, 0.25) is 0 Å². The van der Waals surface area contributed by atoms with Gasteiger partial charge in [0.25, 0.3) is 0 Å². The highest BCUT2D eigenvalue weighted by molar-refractivity contribution is 5.89. The Labute approximate surface area is 104 Å². The highest BCUT2D eigenvalue weighted by Gasteiger charge is 2.35. The average Bonchev–Trinajstić information content (AvgIpc) is 2.82. The lowest BCUT2D eigenvalue weighted by atomic mass is 9.87. The molecule has 1 aromatic rings. The molecule has 17 heavy (non-hydrogen) atoms. The maximum Gasteiger partial charge on any atom is 0.157 e. The van der Waals surface area contributed by atoms with E-state index in [9.17, 15) is 4.79 Å². The maximum atomic E-state index is 12.4. The van der Waals surface area contributed by atoms with E-state index in [1.165, 1.54) is 0 Å². The Kier molecular flexibility index (Phi) is 4.94. The molecule has 0 saturated heterocycles. The Hall–Kier alpha value is -1.09. The van der Waals surface area contributed by atoms with E-state index in [0.717, 1.165) is 25.1 Å². The summed E-state index contributed by atoms with van der Waals surface area (Å²) < 4.78 is 5.01. The quantitative estimate of drug-likeness (QED) is 0.731. The van der Waals surface area contributed by atoms with Crippen LogP contribution in [0.3, 0.4) is 0 Å². The molecule has 96 valence electrons. The standard InChI is InChI=1S/C14H23NO2/c1-5-14(4,15(6-2)7-3)13(16)10-12-8-9-17-11-12/h8-9,11H,5-7,10H2,1-4H3. The summed E-state index contributed by atoms with van der Waals surface area (Å²) >= 11 is 0. The zero-order chi connectivity index (χ0) is 12.9. The zero-order valence-corrected chi connectivity index (χ0v) is 11.3. The van der Waals surface area contributed by atoms with Gasteiger partial charge in [-0.1, -0.05) is 20.8 Å². The van der Waals surface area contributed by atoms with Crippen LogP contribution in [-0.4, -0.2) is 29.3 Å². The molecular formula is C14H23NO2. The molecule has 0 aliphatic heterocycles. The molecule has 3 heteroatoms. The van der Waals surface area contributed by atoms with Crippen molar-refractivity contribution >= 4 is 5.78 Å². The van der Waals surface area contributed by atoms with Gasteiger partial charge in [0.1, 0.15) is 0 Å². The first-order chi connectivity index (χ1) is 8.08. The molecule has 0 aromatic carbocycles. The Morgan fingerprint density at radius 3 is 2.41 bits per heavy atom. The van der Waals surface area contributed by atoms with Crippen LogP contribution < -0.4 is 0 Å². The van der Waals surface area contributed by atoms with Gasteiger partial charge in [-0.05, 0) is 38.1 Å². The Morgan fingerprint density at radius 2 is 2.00 bits per heavy atom. The number of carbonyl (C=O) groups excluding carboxylic acids is 1. The minimum atomic E-state index is -0.360. The summed E-state index contributed by atoms with van der Waals surface area (Å²) in [5, 5.41) is 0. The van der Waals surface area contributed by atoms with Crippen molar-refractivity contribution in [1.29, 1.82) is 0 Å². The highest BCUT2D eigenvalue weighted by Crippen LogP contribution is 2.22.